The van der Waals surface area contributed by atoms with Gasteiger partial charge in [0.1, 0.15) is 18.1 Å². The number of aromatic nitrogens is 5. The van der Waals surface area contributed by atoms with Crippen LogP contribution in [-0.4, -0.2) is 57.4 Å². The summed E-state index contributed by atoms with van der Waals surface area (Å²) < 4.78 is 45.2. The van der Waals surface area contributed by atoms with Crippen molar-refractivity contribution >= 4 is 26.9 Å². The number of nitrogens with two attached hydrogens (primary N) is 1. The molecule has 4 aromatic heterocycles. The molecule has 0 amide bonds. The van der Waals surface area contributed by atoms with Crippen molar-refractivity contribution in [2.45, 2.75) is 30.5 Å². The molecule has 0 radical (unpaired) electrons. The highest BCUT2D eigenvalue weighted by molar-refractivity contribution is 7.90. The van der Waals surface area contributed by atoms with E-state index in [9.17, 15) is 18.1 Å². The van der Waals surface area contributed by atoms with Crippen molar-refractivity contribution in [2.24, 2.45) is 12.8 Å². The summed E-state index contributed by atoms with van der Waals surface area (Å²) in [4.78, 5) is 11.0. The summed E-state index contributed by atoms with van der Waals surface area (Å²) in [6.07, 6.45) is 5.67. The molecule has 0 unspecified atom stereocenters. The van der Waals surface area contributed by atoms with Gasteiger partial charge >= 0.3 is 0 Å². The highest BCUT2D eigenvalue weighted by Crippen LogP contribution is 2.38. The van der Waals surface area contributed by atoms with Crippen molar-refractivity contribution in [1.29, 1.82) is 5.26 Å². The van der Waals surface area contributed by atoms with Crippen LogP contribution in [0.25, 0.3) is 33.4 Å². The molecule has 5 aromatic rings. The second kappa shape index (κ2) is 10.1. The Balaban J connectivity index is 1.54. The summed E-state index contributed by atoms with van der Waals surface area (Å²) in [7, 11) is -2.35. The number of hydrogen-bond acceptors (Lipinski definition) is 8. The Morgan fingerprint density at radius 3 is 2.49 bits per heavy atom. The maximum Gasteiger partial charge on any atom is 0.269 e. The Hall–Kier alpha value is -4.60. The lowest BCUT2D eigenvalue weighted by atomic mass is 10.00. The van der Waals surface area contributed by atoms with Gasteiger partial charge in [0.25, 0.3) is 10.0 Å². The van der Waals surface area contributed by atoms with Crippen LogP contribution in [0.4, 0.5) is 10.2 Å². The fourth-order valence-electron chi connectivity index (χ4n) is 5.19. The zero-order chi connectivity index (χ0) is 28.9. The Kier molecular flexibility index (Phi) is 6.56. The Labute approximate surface area is 236 Å². The Morgan fingerprint density at radius 2 is 1.85 bits per heavy atom. The molecule has 1 saturated heterocycles. The lowest BCUT2D eigenvalue weighted by Gasteiger charge is -2.33. The number of halogens is 1. The van der Waals surface area contributed by atoms with E-state index in [1.54, 1.807) is 72.8 Å². The number of anilines is 1. The topological polar surface area (TPSA) is 136 Å². The lowest BCUT2D eigenvalue weighted by molar-refractivity contribution is 0.251. The zero-order valence-electron chi connectivity index (χ0n) is 22.4. The summed E-state index contributed by atoms with van der Waals surface area (Å²) >= 11 is 0. The molecule has 41 heavy (non-hydrogen) atoms. The molecule has 1 aliphatic rings. The Morgan fingerprint density at radius 1 is 1.07 bits per heavy atom. The predicted octanol–water partition coefficient (Wildman–Crippen LogP) is 3.79. The van der Waals surface area contributed by atoms with E-state index >= 15 is 0 Å². The van der Waals surface area contributed by atoms with Crippen LogP contribution in [0.5, 0.6) is 0 Å². The number of benzene rings is 1. The number of rotatable bonds is 5. The standard InChI is InChI=1S/C29H27FN8O2S/c1-18-3-6-22(7-4-18)41(39,40)38-26(21-15-35-36(2)16-21)11-23-28(20(12-31)14-34-29(23)38)19-5-8-27(33-13-19)37-10-9-25(32)24(30)17-37/h3-8,11,13-16,24-25H,9-10,17,32H2,1-2H3/t24-,25+/m1/s1. The minimum atomic E-state index is -4.09. The highest BCUT2D eigenvalue weighted by atomic mass is 32.2. The van der Waals surface area contributed by atoms with Crippen LogP contribution in [0.2, 0.25) is 0 Å². The zero-order valence-corrected chi connectivity index (χ0v) is 23.3. The van der Waals surface area contributed by atoms with Crippen LogP contribution in [0.15, 0.2) is 72.1 Å². The van der Waals surface area contributed by atoms with E-state index in [-0.39, 0.29) is 22.7 Å². The first kappa shape index (κ1) is 26.6. The molecule has 5 heterocycles. The fourth-order valence-corrected chi connectivity index (χ4v) is 6.67. The van der Waals surface area contributed by atoms with Gasteiger partial charge in [0.15, 0.2) is 5.65 Å². The summed E-state index contributed by atoms with van der Waals surface area (Å²) in [6.45, 7) is 2.63. The number of hydrogen-bond donors (Lipinski definition) is 1. The van der Waals surface area contributed by atoms with Crippen LogP contribution < -0.4 is 10.6 Å². The molecular weight excluding hydrogens is 543 g/mol. The quantitative estimate of drug-likeness (QED) is 0.337. The fraction of sp³-hybridized carbons (Fsp3) is 0.241. The third-order valence-electron chi connectivity index (χ3n) is 7.42. The molecule has 208 valence electrons. The molecule has 0 spiro atoms. The molecule has 12 heteroatoms. The molecule has 2 N–H and O–H groups in total. The molecule has 0 saturated carbocycles. The van der Waals surface area contributed by atoms with Crippen LogP contribution in [0, 0.1) is 18.3 Å². The van der Waals surface area contributed by atoms with E-state index < -0.39 is 22.2 Å². The first-order valence-electron chi connectivity index (χ1n) is 13.0. The third-order valence-corrected chi connectivity index (χ3v) is 9.14. The van der Waals surface area contributed by atoms with Gasteiger partial charge in [0.05, 0.1) is 28.9 Å². The number of fused-ring (bicyclic) bond motifs is 1. The molecule has 1 aromatic carbocycles. The molecule has 0 aliphatic carbocycles. The minimum Gasteiger partial charge on any atom is -0.354 e. The summed E-state index contributed by atoms with van der Waals surface area (Å²) in [5.74, 6) is 0.600. The lowest BCUT2D eigenvalue weighted by Crippen LogP contribution is -2.48. The molecule has 1 fully saturated rings. The van der Waals surface area contributed by atoms with E-state index in [0.29, 0.717) is 46.6 Å². The van der Waals surface area contributed by atoms with E-state index in [0.717, 1.165) is 5.56 Å². The largest absolute Gasteiger partial charge is 0.354 e. The van der Waals surface area contributed by atoms with Crippen LogP contribution >= 0.6 is 0 Å². The second-order valence-electron chi connectivity index (χ2n) is 10.2. The van der Waals surface area contributed by atoms with Gasteiger partial charge in [0, 0.05) is 60.3 Å². The van der Waals surface area contributed by atoms with Crippen LogP contribution in [0.1, 0.15) is 17.5 Å². The predicted molar refractivity (Wildman–Crippen MR) is 153 cm³/mol. The van der Waals surface area contributed by atoms with Crippen molar-refractivity contribution in [1.82, 2.24) is 23.7 Å². The average molecular weight is 571 g/mol. The minimum absolute atomic E-state index is 0.108. The van der Waals surface area contributed by atoms with Gasteiger partial charge in [-0.25, -0.2) is 26.7 Å². The van der Waals surface area contributed by atoms with Gasteiger partial charge in [-0.05, 0) is 43.7 Å². The van der Waals surface area contributed by atoms with E-state index in [2.05, 4.69) is 21.1 Å². The van der Waals surface area contributed by atoms with E-state index in [1.807, 2.05) is 11.8 Å². The molecule has 2 atom stereocenters. The number of pyridine rings is 2. The van der Waals surface area contributed by atoms with Gasteiger partial charge in [-0.15, -0.1) is 0 Å². The number of aryl methyl sites for hydroxylation is 2. The van der Waals surface area contributed by atoms with Gasteiger partial charge in [-0.2, -0.15) is 10.4 Å². The van der Waals surface area contributed by atoms with Crippen molar-refractivity contribution in [2.75, 3.05) is 18.0 Å². The average Bonchev–Trinajstić information content (AvgIpc) is 3.58. The third kappa shape index (κ3) is 4.63. The van der Waals surface area contributed by atoms with Gasteiger partial charge < -0.3 is 10.6 Å². The van der Waals surface area contributed by atoms with Gasteiger partial charge in [-0.1, -0.05) is 17.7 Å². The Bertz CT molecular complexity index is 1910. The number of nitriles is 1. The summed E-state index contributed by atoms with van der Waals surface area (Å²) in [5.41, 5.74) is 9.24. The first-order valence-corrected chi connectivity index (χ1v) is 14.5. The highest BCUT2D eigenvalue weighted by Gasteiger charge is 2.29. The van der Waals surface area contributed by atoms with Crippen molar-refractivity contribution in [3.8, 4) is 28.5 Å². The van der Waals surface area contributed by atoms with Gasteiger partial charge in [0.2, 0.25) is 0 Å². The number of alkyl halides is 1. The van der Waals surface area contributed by atoms with Crippen LogP contribution in [-0.2, 0) is 17.1 Å². The summed E-state index contributed by atoms with van der Waals surface area (Å²) in [5, 5.41) is 14.7. The van der Waals surface area contributed by atoms with E-state index in [1.165, 1.54) is 10.2 Å². The second-order valence-corrected chi connectivity index (χ2v) is 12.0. The maximum absolute atomic E-state index is 14.3. The molecule has 6 rings (SSSR count). The normalized spacial score (nSPS) is 17.6. The SMILES string of the molecule is Cc1ccc(S(=O)(=O)n2c(-c3cnn(C)c3)cc3c(-c4ccc(N5CC[C@H](N)[C@H](F)C5)nc4)c(C#N)cnc32)cc1. The van der Waals surface area contributed by atoms with E-state index in [4.69, 9.17) is 5.73 Å². The van der Waals surface area contributed by atoms with Crippen molar-refractivity contribution in [3.63, 3.8) is 0 Å². The number of piperidine rings is 1. The maximum atomic E-state index is 14.3. The smallest absolute Gasteiger partial charge is 0.269 e. The van der Waals surface area contributed by atoms with Crippen molar-refractivity contribution in [3.05, 3.63) is 78.4 Å². The van der Waals surface area contributed by atoms with Crippen LogP contribution in [0.3, 0.4) is 0 Å². The first-order chi connectivity index (χ1) is 19.7. The number of nitrogens with zero attached hydrogens (tertiary/aromatic N) is 7. The monoisotopic (exact) mass is 570 g/mol. The molecule has 10 nitrogen and oxygen atoms in total. The molecule has 0 bridgehead atoms. The molecule has 1 aliphatic heterocycles. The van der Waals surface area contributed by atoms with Crippen molar-refractivity contribution < 1.29 is 12.8 Å². The summed E-state index contributed by atoms with van der Waals surface area (Å²) in [6, 6.07) is 13.6. The molecular formula is C29H27FN8O2S. The van der Waals surface area contributed by atoms with Gasteiger partial charge in [-0.3, -0.25) is 4.68 Å².